The van der Waals surface area contributed by atoms with Gasteiger partial charge in [0.15, 0.2) is 11.6 Å². The monoisotopic (exact) mass is 540 g/mol. The Morgan fingerprint density at radius 3 is 2.76 bits per heavy atom. The third-order valence-corrected chi connectivity index (χ3v) is 6.53. The molecule has 14 heteroatoms. The number of nitrogens with zero attached hydrogens (tertiary/aromatic N) is 6. The molecule has 1 saturated heterocycles. The average molecular weight is 541 g/mol. The number of fused-ring (bicyclic) bond motifs is 2. The van der Waals surface area contributed by atoms with Gasteiger partial charge >= 0.3 is 0 Å². The molecule has 4 aromatic rings. The Morgan fingerprint density at radius 2 is 2.08 bits per heavy atom. The lowest BCUT2D eigenvalue weighted by Crippen LogP contribution is -2.55. The van der Waals surface area contributed by atoms with Gasteiger partial charge in [0.05, 0.1) is 43.5 Å². The molecular formula is C24H24F5N7O2. The summed E-state index contributed by atoms with van der Waals surface area (Å²) in [5, 5.41) is 6.57. The first kappa shape index (κ1) is 22.1. The first-order valence-electron chi connectivity index (χ1n) is 13.0. The molecule has 1 fully saturated rings. The van der Waals surface area contributed by atoms with Gasteiger partial charge in [-0.1, -0.05) is 0 Å². The number of aryl methyl sites for hydroxylation is 2. The third-order valence-electron chi connectivity index (χ3n) is 6.53. The Labute approximate surface area is 217 Å². The quantitative estimate of drug-likeness (QED) is 0.373. The van der Waals surface area contributed by atoms with Gasteiger partial charge in [-0.3, -0.25) is 4.79 Å². The molecule has 0 aliphatic carbocycles. The van der Waals surface area contributed by atoms with Gasteiger partial charge in [-0.2, -0.15) is 4.98 Å². The molecule has 1 aliphatic heterocycles. The van der Waals surface area contributed by atoms with E-state index in [1.807, 2.05) is 0 Å². The van der Waals surface area contributed by atoms with Gasteiger partial charge in [-0.05, 0) is 31.0 Å². The second-order valence-electron chi connectivity index (χ2n) is 8.89. The molecule has 9 nitrogen and oxygen atoms in total. The maximum Gasteiger partial charge on any atom is 0.285 e. The molecule has 0 spiro atoms. The number of carbonyl (C=O) groups excluding carboxylic acids is 1. The zero-order chi connectivity index (χ0) is 29.9. The summed E-state index contributed by atoms with van der Waals surface area (Å²) in [7, 11) is 1.22. The normalized spacial score (nSPS) is 18.9. The molecule has 1 aliphatic rings. The summed E-state index contributed by atoms with van der Waals surface area (Å²) < 4.78 is 103. The average Bonchev–Trinajstić information content (AvgIpc) is 3.39. The van der Waals surface area contributed by atoms with E-state index in [0.717, 1.165) is 16.8 Å². The highest BCUT2D eigenvalue weighted by Crippen LogP contribution is 2.37. The molecule has 202 valence electrons. The van der Waals surface area contributed by atoms with E-state index in [2.05, 4.69) is 20.4 Å². The van der Waals surface area contributed by atoms with Crippen LogP contribution in [-0.2, 0) is 11.3 Å². The standard InChI is InChI=1S/C24H24F5N7O2/c1-12-30-20-15(26)8-14(9-17(20)35(12)7-5-25)19-16(27)10-36-21(19)22(38-3)32-23(33-36)31-18-4-6-34(13(2)37)11-24(18,28)29/h8-10,18H,4-7,11H2,1-3H3,(H,31,33)/t18-/m1/s1/i2D3. The molecule has 5 rings (SSSR count). The fourth-order valence-electron chi connectivity index (χ4n) is 4.75. The number of anilines is 1. The maximum atomic E-state index is 15.3. The van der Waals surface area contributed by atoms with Crippen molar-refractivity contribution in [3.8, 4) is 17.0 Å². The zero-order valence-corrected chi connectivity index (χ0v) is 20.2. The molecule has 1 N–H and O–H groups in total. The summed E-state index contributed by atoms with van der Waals surface area (Å²) in [5.74, 6) is -6.72. The number of amides is 1. The van der Waals surface area contributed by atoms with E-state index < -0.39 is 49.6 Å². The molecule has 0 unspecified atom stereocenters. The smallest absolute Gasteiger partial charge is 0.285 e. The summed E-state index contributed by atoms with van der Waals surface area (Å²) in [4.78, 5) is 20.8. The largest absolute Gasteiger partial charge is 0.479 e. The highest BCUT2D eigenvalue weighted by molar-refractivity contribution is 5.90. The van der Waals surface area contributed by atoms with E-state index in [1.54, 1.807) is 6.92 Å². The van der Waals surface area contributed by atoms with Crippen LogP contribution in [0.1, 0.15) is 23.2 Å². The van der Waals surface area contributed by atoms with Crippen LogP contribution in [0.15, 0.2) is 18.3 Å². The Bertz CT molecular complexity index is 1660. The molecule has 0 bridgehead atoms. The number of alkyl halides is 3. The molecule has 1 amide bonds. The van der Waals surface area contributed by atoms with E-state index in [9.17, 15) is 18.0 Å². The minimum Gasteiger partial charge on any atom is -0.479 e. The Hall–Kier alpha value is -3.97. The summed E-state index contributed by atoms with van der Waals surface area (Å²) in [6, 6.07) is 0.932. The number of hydrogen-bond donors (Lipinski definition) is 1. The number of benzene rings is 1. The van der Waals surface area contributed by atoms with Crippen LogP contribution in [0.5, 0.6) is 5.88 Å². The van der Waals surface area contributed by atoms with Crippen LogP contribution < -0.4 is 10.1 Å². The Kier molecular flexibility index (Phi) is 5.46. The van der Waals surface area contributed by atoms with Crippen LogP contribution in [0, 0.1) is 18.6 Å². The second-order valence-corrected chi connectivity index (χ2v) is 8.89. The van der Waals surface area contributed by atoms with Gasteiger partial charge in [0.25, 0.3) is 5.92 Å². The number of carbonyl (C=O) groups is 1. The Morgan fingerprint density at radius 1 is 1.29 bits per heavy atom. The predicted octanol–water partition coefficient (Wildman–Crippen LogP) is 3.98. The maximum absolute atomic E-state index is 15.3. The van der Waals surface area contributed by atoms with Gasteiger partial charge in [0, 0.05) is 17.5 Å². The number of hydrogen-bond acceptors (Lipinski definition) is 6. The molecule has 4 heterocycles. The molecule has 38 heavy (non-hydrogen) atoms. The summed E-state index contributed by atoms with van der Waals surface area (Å²) >= 11 is 0. The van der Waals surface area contributed by atoms with Crippen LogP contribution in [0.4, 0.5) is 27.9 Å². The summed E-state index contributed by atoms with van der Waals surface area (Å²) in [5.41, 5.74) is 0.146. The van der Waals surface area contributed by atoms with Crippen molar-refractivity contribution >= 4 is 28.4 Å². The summed E-state index contributed by atoms with van der Waals surface area (Å²) in [6.45, 7) is -3.65. The summed E-state index contributed by atoms with van der Waals surface area (Å²) in [6.07, 6.45) is 0.622. The van der Waals surface area contributed by atoms with Crippen molar-refractivity contribution in [2.75, 3.05) is 32.2 Å². The first-order chi connectivity index (χ1) is 19.2. The van der Waals surface area contributed by atoms with Crippen molar-refractivity contribution in [2.24, 2.45) is 0 Å². The molecule has 3 aromatic heterocycles. The molecule has 1 aromatic carbocycles. The number of likely N-dealkylation sites (tertiary alicyclic amines) is 1. The van der Waals surface area contributed by atoms with E-state index in [4.69, 9.17) is 8.85 Å². The lowest BCUT2D eigenvalue weighted by Gasteiger charge is -2.38. The van der Waals surface area contributed by atoms with Crippen molar-refractivity contribution in [3.63, 3.8) is 0 Å². The fraction of sp³-hybridized carbons (Fsp3) is 0.417. The lowest BCUT2D eigenvalue weighted by atomic mass is 10.0. The van der Waals surface area contributed by atoms with E-state index >= 15 is 8.78 Å². The minimum absolute atomic E-state index is 0.00846. The lowest BCUT2D eigenvalue weighted by molar-refractivity contribution is -0.140. The topological polar surface area (TPSA) is 89.6 Å². The number of aromatic nitrogens is 5. The van der Waals surface area contributed by atoms with Crippen molar-refractivity contribution in [1.29, 1.82) is 0 Å². The van der Waals surface area contributed by atoms with Crippen LogP contribution in [0.2, 0.25) is 0 Å². The number of nitrogens with one attached hydrogen (secondary N) is 1. The minimum atomic E-state index is -3.55. The van der Waals surface area contributed by atoms with Gasteiger partial charge in [0.1, 0.15) is 23.5 Å². The van der Waals surface area contributed by atoms with E-state index in [1.165, 1.54) is 17.7 Å². The number of methoxy groups -OCH3 is 1. The number of halogens is 5. The van der Waals surface area contributed by atoms with Crippen molar-refractivity contribution < 1.29 is 35.6 Å². The number of ether oxygens (including phenoxy) is 1. The molecule has 0 radical (unpaired) electrons. The highest BCUT2D eigenvalue weighted by atomic mass is 19.3. The van der Waals surface area contributed by atoms with Gasteiger partial charge in [-0.15, -0.1) is 5.10 Å². The van der Waals surface area contributed by atoms with Crippen molar-refractivity contribution in [2.45, 2.75) is 38.7 Å². The molecule has 0 saturated carbocycles. The van der Waals surface area contributed by atoms with E-state index in [-0.39, 0.29) is 59.0 Å². The van der Waals surface area contributed by atoms with Crippen LogP contribution in [0.25, 0.3) is 27.7 Å². The number of piperidine rings is 1. The van der Waals surface area contributed by atoms with Crippen molar-refractivity contribution in [1.82, 2.24) is 29.0 Å². The van der Waals surface area contributed by atoms with Crippen LogP contribution >= 0.6 is 0 Å². The first-order valence-corrected chi connectivity index (χ1v) is 11.5. The van der Waals surface area contributed by atoms with Crippen LogP contribution in [0.3, 0.4) is 0 Å². The molecule has 1 atom stereocenters. The SMILES string of the molecule is [2H]C([2H])([2H])C(=O)N1CC[C@@H](Nc2nc(OC)c3c(-c4cc(F)c5nc(C)n(CCF)c5c4)c(F)cn3n2)C(F)(F)C1. The van der Waals surface area contributed by atoms with Gasteiger partial charge in [-0.25, -0.2) is 31.5 Å². The number of rotatable bonds is 6. The van der Waals surface area contributed by atoms with Crippen molar-refractivity contribution in [3.05, 3.63) is 35.8 Å². The predicted molar refractivity (Wildman–Crippen MR) is 128 cm³/mol. The molecular weight excluding hydrogens is 513 g/mol. The number of imidazole rings is 1. The van der Waals surface area contributed by atoms with E-state index in [0.29, 0.717) is 10.7 Å². The van der Waals surface area contributed by atoms with Gasteiger partial charge < -0.3 is 19.5 Å². The van der Waals surface area contributed by atoms with Gasteiger partial charge in [0.2, 0.25) is 17.7 Å². The van der Waals surface area contributed by atoms with Crippen LogP contribution in [-0.4, -0.2) is 73.8 Å². The Balaban J connectivity index is 1.51. The third kappa shape index (κ3) is 4.27. The highest BCUT2D eigenvalue weighted by Gasteiger charge is 2.46. The zero-order valence-electron chi connectivity index (χ0n) is 23.2. The second kappa shape index (κ2) is 9.40. The fourth-order valence-corrected chi connectivity index (χ4v) is 4.75.